The van der Waals surface area contributed by atoms with Gasteiger partial charge in [-0.3, -0.25) is 0 Å². The highest BCUT2D eigenvalue weighted by molar-refractivity contribution is 8.07. The van der Waals surface area contributed by atoms with E-state index >= 15 is 0 Å². The fourth-order valence-electron chi connectivity index (χ4n) is 2.65. The Kier molecular flexibility index (Phi) is 5.11. The molecule has 1 heterocycles. The van der Waals surface area contributed by atoms with E-state index in [1.165, 1.54) is 43.6 Å². The summed E-state index contributed by atoms with van der Waals surface area (Å²) in [7, 11) is 0. The summed E-state index contributed by atoms with van der Waals surface area (Å²) in [6.07, 6.45) is 8.90. The largest absolute Gasteiger partial charge is 0.323 e. The molecular formula is C13H23NS2. The zero-order valence-electron chi connectivity index (χ0n) is 10.2. The zero-order chi connectivity index (χ0) is 11.4. The van der Waals surface area contributed by atoms with E-state index in [1.807, 2.05) is 0 Å². The van der Waals surface area contributed by atoms with E-state index in [1.54, 1.807) is 5.57 Å². The van der Waals surface area contributed by atoms with Gasteiger partial charge in [0.25, 0.3) is 0 Å². The molecule has 0 aromatic heterocycles. The second-order valence-electron chi connectivity index (χ2n) is 4.70. The Hall–Kier alpha value is 0.400. The standard InChI is InChI=1S/C13H23NS2/c1-2-11-13(16-9-8-15-11)12(14)10-6-4-3-5-7-10/h6,11-13H,2-5,7-9,14H2,1H3. The van der Waals surface area contributed by atoms with Gasteiger partial charge < -0.3 is 5.73 Å². The average molecular weight is 257 g/mol. The minimum atomic E-state index is 0.322. The molecule has 2 rings (SSSR count). The first-order valence-electron chi connectivity index (χ1n) is 6.50. The van der Waals surface area contributed by atoms with Crippen molar-refractivity contribution in [1.29, 1.82) is 0 Å². The molecule has 0 bridgehead atoms. The van der Waals surface area contributed by atoms with E-state index < -0.39 is 0 Å². The Balaban J connectivity index is 2.00. The second kappa shape index (κ2) is 6.36. The van der Waals surface area contributed by atoms with Gasteiger partial charge in [-0.1, -0.05) is 18.6 Å². The number of hydrogen-bond acceptors (Lipinski definition) is 3. The van der Waals surface area contributed by atoms with Gasteiger partial charge >= 0.3 is 0 Å². The van der Waals surface area contributed by atoms with Crippen LogP contribution in [0.25, 0.3) is 0 Å². The van der Waals surface area contributed by atoms with E-state index in [2.05, 4.69) is 36.5 Å². The first-order valence-corrected chi connectivity index (χ1v) is 8.60. The summed E-state index contributed by atoms with van der Waals surface area (Å²) in [6.45, 7) is 2.30. The summed E-state index contributed by atoms with van der Waals surface area (Å²) in [4.78, 5) is 0. The van der Waals surface area contributed by atoms with Crippen LogP contribution in [-0.2, 0) is 0 Å². The first-order chi connectivity index (χ1) is 7.83. The summed E-state index contributed by atoms with van der Waals surface area (Å²) in [5.74, 6) is 2.60. The summed E-state index contributed by atoms with van der Waals surface area (Å²) in [5, 5.41) is 1.43. The Bertz CT molecular complexity index is 252. The Morgan fingerprint density at radius 1 is 1.38 bits per heavy atom. The van der Waals surface area contributed by atoms with Crippen molar-refractivity contribution >= 4 is 23.5 Å². The van der Waals surface area contributed by atoms with Gasteiger partial charge in [-0.05, 0) is 32.1 Å². The minimum Gasteiger partial charge on any atom is -0.323 e. The molecule has 0 amide bonds. The Labute approximate surface area is 108 Å². The quantitative estimate of drug-likeness (QED) is 0.784. The molecule has 92 valence electrons. The van der Waals surface area contributed by atoms with Gasteiger partial charge in [0.1, 0.15) is 0 Å². The smallest absolute Gasteiger partial charge is 0.0385 e. The molecule has 0 saturated carbocycles. The van der Waals surface area contributed by atoms with Crippen molar-refractivity contribution in [3.8, 4) is 0 Å². The fraction of sp³-hybridized carbons (Fsp3) is 0.846. The zero-order valence-corrected chi connectivity index (χ0v) is 11.8. The van der Waals surface area contributed by atoms with Crippen molar-refractivity contribution in [2.24, 2.45) is 5.73 Å². The third-order valence-corrected chi connectivity index (χ3v) is 6.97. The maximum Gasteiger partial charge on any atom is 0.0385 e. The highest BCUT2D eigenvalue weighted by Crippen LogP contribution is 2.37. The van der Waals surface area contributed by atoms with E-state index in [9.17, 15) is 0 Å². The average Bonchev–Trinajstić information content (AvgIpc) is 2.39. The molecule has 3 heteroatoms. The van der Waals surface area contributed by atoms with Crippen molar-refractivity contribution in [3.63, 3.8) is 0 Å². The van der Waals surface area contributed by atoms with Crippen LogP contribution in [0.4, 0.5) is 0 Å². The monoisotopic (exact) mass is 257 g/mol. The second-order valence-corrected chi connectivity index (χ2v) is 7.34. The molecular weight excluding hydrogens is 234 g/mol. The van der Waals surface area contributed by atoms with E-state index in [4.69, 9.17) is 5.73 Å². The maximum atomic E-state index is 6.49. The molecule has 0 aromatic rings. The van der Waals surface area contributed by atoms with E-state index in [-0.39, 0.29) is 0 Å². The highest BCUT2D eigenvalue weighted by atomic mass is 32.2. The molecule has 3 atom stereocenters. The Morgan fingerprint density at radius 2 is 2.19 bits per heavy atom. The lowest BCUT2D eigenvalue weighted by Crippen LogP contribution is -2.43. The van der Waals surface area contributed by atoms with Gasteiger partial charge in [0.05, 0.1) is 0 Å². The van der Waals surface area contributed by atoms with Crippen LogP contribution in [0.2, 0.25) is 0 Å². The van der Waals surface area contributed by atoms with Gasteiger partial charge in [0, 0.05) is 28.0 Å². The van der Waals surface area contributed by atoms with Crippen LogP contribution in [0.1, 0.15) is 39.0 Å². The van der Waals surface area contributed by atoms with Crippen LogP contribution in [-0.4, -0.2) is 28.0 Å². The highest BCUT2D eigenvalue weighted by Gasteiger charge is 2.31. The van der Waals surface area contributed by atoms with Crippen LogP contribution in [0.15, 0.2) is 11.6 Å². The summed E-state index contributed by atoms with van der Waals surface area (Å²) in [5.41, 5.74) is 8.03. The van der Waals surface area contributed by atoms with Crippen molar-refractivity contribution in [2.75, 3.05) is 11.5 Å². The van der Waals surface area contributed by atoms with Crippen LogP contribution >= 0.6 is 23.5 Å². The normalized spacial score (nSPS) is 33.2. The third-order valence-electron chi connectivity index (χ3n) is 3.60. The van der Waals surface area contributed by atoms with Gasteiger partial charge in [-0.25, -0.2) is 0 Å². The molecule has 1 saturated heterocycles. The molecule has 0 aromatic carbocycles. The predicted molar refractivity (Wildman–Crippen MR) is 77.3 cm³/mol. The molecule has 1 aliphatic heterocycles. The Morgan fingerprint density at radius 3 is 2.88 bits per heavy atom. The molecule has 2 aliphatic rings. The molecule has 1 aliphatic carbocycles. The fourth-order valence-corrected chi connectivity index (χ4v) is 5.85. The van der Waals surface area contributed by atoms with Crippen molar-refractivity contribution < 1.29 is 0 Å². The summed E-state index contributed by atoms with van der Waals surface area (Å²) in [6, 6.07) is 0.322. The lowest BCUT2D eigenvalue weighted by molar-refractivity contribution is 0.596. The first kappa shape index (κ1) is 12.8. The molecule has 1 nitrogen and oxygen atoms in total. The minimum absolute atomic E-state index is 0.322. The van der Waals surface area contributed by atoms with Gasteiger partial charge in [0.15, 0.2) is 0 Å². The summed E-state index contributed by atoms with van der Waals surface area (Å²) < 4.78 is 0. The molecule has 0 radical (unpaired) electrons. The van der Waals surface area contributed by atoms with Crippen LogP contribution in [0.3, 0.4) is 0 Å². The lowest BCUT2D eigenvalue weighted by atomic mass is 9.91. The third kappa shape index (κ3) is 2.99. The molecule has 16 heavy (non-hydrogen) atoms. The van der Waals surface area contributed by atoms with Gasteiger partial charge in [0.2, 0.25) is 0 Å². The summed E-state index contributed by atoms with van der Waals surface area (Å²) >= 11 is 4.25. The number of thioether (sulfide) groups is 2. The predicted octanol–water partition coefficient (Wildman–Crippen LogP) is 3.44. The van der Waals surface area contributed by atoms with E-state index in [0.29, 0.717) is 11.3 Å². The molecule has 2 N–H and O–H groups in total. The van der Waals surface area contributed by atoms with Gasteiger partial charge in [-0.15, -0.1) is 0 Å². The number of nitrogens with two attached hydrogens (primary N) is 1. The van der Waals surface area contributed by atoms with Gasteiger partial charge in [-0.2, -0.15) is 23.5 Å². The van der Waals surface area contributed by atoms with E-state index in [0.717, 1.165) is 5.25 Å². The number of hydrogen-bond donors (Lipinski definition) is 1. The number of rotatable bonds is 3. The van der Waals surface area contributed by atoms with Crippen LogP contribution in [0.5, 0.6) is 0 Å². The number of allylic oxidation sites excluding steroid dienone is 1. The maximum absolute atomic E-state index is 6.49. The van der Waals surface area contributed by atoms with Crippen molar-refractivity contribution in [2.45, 2.75) is 55.6 Å². The van der Waals surface area contributed by atoms with Crippen LogP contribution in [0, 0.1) is 0 Å². The molecule has 0 spiro atoms. The molecule has 3 unspecified atom stereocenters. The lowest BCUT2D eigenvalue weighted by Gasteiger charge is -2.36. The topological polar surface area (TPSA) is 26.0 Å². The SMILES string of the molecule is CCC1SCCSC1C(N)C1=CCCCC1. The van der Waals surface area contributed by atoms with Crippen molar-refractivity contribution in [1.82, 2.24) is 0 Å². The van der Waals surface area contributed by atoms with Crippen LogP contribution < -0.4 is 5.73 Å². The van der Waals surface area contributed by atoms with Crippen molar-refractivity contribution in [3.05, 3.63) is 11.6 Å². The molecule has 1 fully saturated rings.